The highest BCUT2D eigenvalue weighted by atomic mass is 16.5. The summed E-state index contributed by atoms with van der Waals surface area (Å²) in [7, 11) is 0. The standard InChI is InChI=1S/C25H40N4O4/c1-6-25(4,5)24(32)33-21-12-15(2)11-17-8-7-16(3)20(23(17)21)10-9-18(30)13-19(31)14-22-26-28-29-27-22/h7-8,11,15-16,18-21,23,30-31H,6,9-10,12-14H2,1-5H3,(H,26,27,28,29)/t15?,16?,18-,19-,20?,21?,23?/m1/s1. The molecule has 0 saturated carbocycles. The lowest BCUT2D eigenvalue weighted by Gasteiger charge is -2.44. The van der Waals surface area contributed by atoms with Gasteiger partial charge in [-0.15, -0.1) is 5.10 Å². The molecule has 8 nitrogen and oxygen atoms in total. The number of nitrogens with one attached hydrogen (secondary N) is 1. The second-order valence-corrected chi connectivity index (χ2v) is 10.6. The van der Waals surface area contributed by atoms with Gasteiger partial charge < -0.3 is 14.9 Å². The van der Waals surface area contributed by atoms with E-state index >= 15 is 0 Å². The molecule has 33 heavy (non-hydrogen) atoms. The maximum Gasteiger partial charge on any atom is 0.311 e. The van der Waals surface area contributed by atoms with Crippen molar-refractivity contribution in [2.24, 2.45) is 29.1 Å². The minimum Gasteiger partial charge on any atom is -0.461 e. The molecule has 1 aromatic rings. The maximum absolute atomic E-state index is 12.9. The number of fused-ring (bicyclic) bond motifs is 1. The Balaban J connectivity index is 1.66. The van der Waals surface area contributed by atoms with Crippen molar-refractivity contribution in [2.45, 2.75) is 91.5 Å². The number of esters is 1. The fourth-order valence-corrected chi connectivity index (χ4v) is 5.05. The number of hydrogen-bond donors (Lipinski definition) is 3. The SMILES string of the molecule is CCC(C)(C)C(=O)OC1CC(C)C=C2C=CC(C)C(CC[C@@H](O)C[C@@H](O)Cc3nnn[nH]3)C21. The maximum atomic E-state index is 12.9. The van der Waals surface area contributed by atoms with Gasteiger partial charge in [0.05, 0.1) is 17.6 Å². The number of hydrogen-bond acceptors (Lipinski definition) is 7. The second kappa shape index (κ2) is 10.9. The van der Waals surface area contributed by atoms with Gasteiger partial charge >= 0.3 is 5.97 Å². The lowest BCUT2D eigenvalue weighted by atomic mass is 9.65. The molecule has 5 unspecified atom stereocenters. The number of carbonyl (C=O) groups excluding carboxylic acids is 1. The van der Waals surface area contributed by atoms with E-state index < -0.39 is 17.6 Å². The second-order valence-electron chi connectivity index (χ2n) is 10.6. The van der Waals surface area contributed by atoms with Crippen LogP contribution in [-0.4, -0.2) is 55.1 Å². The molecule has 0 fully saturated rings. The number of aliphatic hydroxyl groups excluding tert-OH is 2. The summed E-state index contributed by atoms with van der Waals surface area (Å²) in [5.41, 5.74) is 0.748. The number of nitrogens with zero attached hydrogens (tertiary/aromatic N) is 3. The van der Waals surface area contributed by atoms with Crippen LogP contribution in [0.5, 0.6) is 0 Å². The Morgan fingerprint density at radius 3 is 2.73 bits per heavy atom. The van der Waals surface area contributed by atoms with E-state index in [1.165, 1.54) is 5.57 Å². The van der Waals surface area contributed by atoms with E-state index in [2.05, 4.69) is 52.7 Å². The van der Waals surface area contributed by atoms with Gasteiger partial charge in [-0.1, -0.05) is 39.0 Å². The topological polar surface area (TPSA) is 121 Å². The number of aromatic nitrogens is 4. The Morgan fingerprint density at radius 2 is 2.06 bits per heavy atom. The Morgan fingerprint density at radius 1 is 1.30 bits per heavy atom. The summed E-state index contributed by atoms with van der Waals surface area (Å²) in [6.07, 6.45) is 8.73. The number of aromatic amines is 1. The predicted molar refractivity (Wildman–Crippen MR) is 125 cm³/mol. The molecule has 0 spiro atoms. The average Bonchev–Trinajstić information content (AvgIpc) is 3.25. The van der Waals surface area contributed by atoms with Crippen LogP contribution in [0.25, 0.3) is 0 Å². The van der Waals surface area contributed by atoms with Gasteiger partial charge in [0.15, 0.2) is 5.82 Å². The van der Waals surface area contributed by atoms with E-state index in [1.54, 1.807) is 0 Å². The highest BCUT2D eigenvalue weighted by Gasteiger charge is 2.42. The summed E-state index contributed by atoms with van der Waals surface area (Å²) >= 11 is 0. The zero-order valence-corrected chi connectivity index (χ0v) is 20.6. The molecule has 184 valence electrons. The number of ether oxygens (including phenoxy) is 1. The van der Waals surface area contributed by atoms with Crippen molar-refractivity contribution in [3.63, 3.8) is 0 Å². The van der Waals surface area contributed by atoms with Gasteiger partial charge in [-0.25, -0.2) is 5.10 Å². The average molecular weight is 461 g/mol. The Labute approximate surface area is 196 Å². The van der Waals surface area contributed by atoms with Crippen molar-refractivity contribution >= 4 is 5.97 Å². The quantitative estimate of drug-likeness (QED) is 0.458. The molecule has 2 aliphatic rings. The van der Waals surface area contributed by atoms with Gasteiger partial charge in [0, 0.05) is 12.3 Å². The number of aliphatic hydroxyl groups is 2. The predicted octanol–water partition coefficient (Wildman–Crippen LogP) is 3.39. The molecular weight excluding hydrogens is 420 g/mol. The molecule has 3 N–H and O–H groups in total. The summed E-state index contributed by atoms with van der Waals surface area (Å²) in [6, 6.07) is 0. The number of carbonyl (C=O) groups is 1. The molecule has 0 saturated heterocycles. The Hall–Kier alpha value is -2.06. The number of H-pyrrole nitrogens is 1. The van der Waals surface area contributed by atoms with E-state index in [0.717, 1.165) is 19.3 Å². The molecule has 1 heterocycles. The zero-order valence-electron chi connectivity index (χ0n) is 20.6. The summed E-state index contributed by atoms with van der Waals surface area (Å²) < 4.78 is 6.16. The van der Waals surface area contributed by atoms with Crippen molar-refractivity contribution in [2.75, 3.05) is 0 Å². The molecule has 0 aliphatic heterocycles. The van der Waals surface area contributed by atoms with Crippen LogP contribution in [0.1, 0.15) is 72.5 Å². The van der Waals surface area contributed by atoms with Crippen molar-refractivity contribution < 1.29 is 19.7 Å². The van der Waals surface area contributed by atoms with Gasteiger partial charge in [0.2, 0.25) is 0 Å². The summed E-state index contributed by atoms with van der Waals surface area (Å²) in [5.74, 6) is 1.44. The van der Waals surface area contributed by atoms with Crippen molar-refractivity contribution in [3.05, 3.63) is 29.6 Å². The largest absolute Gasteiger partial charge is 0.461 e. The van der Waals surface area contributed by atoms with E-state index in [0.29, 0.717) is 24.1 Å². The minimum absolute atomic E-state index is 0.130. The van der Waals surface area contributed by atoms with Gasteiger partial charge in [-0.05, 0) is 79.7 Å². The lowest BCUT2D eigenvalue weighted by Crippen LogP contribution is -2.43. The third-order valence-electron chi connectivity index (χ3n) is 7.49. The molecule has 0 radical (unpaired) electrons. The van der Waals surface area contributed by atoms with E-state index in [-0.39, 0.29) is 36.8 Å². The molecule has 2 aliphatic carbocycles. The molecule has 0 aromatic carbocycles. The first-order valence-corrected chi connectivity index (χ1v) is 12.3. The summed E-state index contributed by atoms with van der Waals surface area (Å²) in [5, 5.41) is 34.3. The van der Waals surface area contributed by atoms with Crippen LogP contribution in [0.15, 0.2) is 23.8 Å². The van der Waals surface area contributed by atoms with Crippen LogP contribution in [0.3, 0.4) is 0 Å². The van der Waals surface area contributed by atoms with Crippen LogP contribution in [-0.2, 0) is 16.0 Å². The number of tetrazole rings is 1. The van der Waals surface area contributed by atoms with Crippen LogP contribution >= 0.6 is 0 Å². The molecule has 8 heteroatoms. The first kappa shape index (κ1) is 25.6. The third kappa shape index (κ3) is 6.51. The van der Waals surface area contributed by atoms with Crippen LogP contribution < -0.4 is 0 Å². The van der Waals surface area contributed by atoms with Crippen LogP contribution in [0.4, 0.5) is 0 Å². The molecule has 3 rings (SSSR count). The van der Waals surface area contributed by atoms with E-state index in [9.17, 15) is 15.0 Å². The van der Waals surface area contributed by atoms with Crippen molar-refractivity contribution in [1.82, 2.24) is 20.6 Å². The Bertz CT molecular complexity index is 835. The van der Waals surface area contributed by atoms with Crippen molar-refractivity contribution in [1.29, 1.82) is 0 Å². The Kier molecular flexibility index (Phi) is 8.45. The van der Waals surface area contributed by atoms with Gasteiger partial charge in [0.1, 0.15) is 6.10 Å². The van der Waals surface area contributed by atoms with Crippen LogP contribution in [0, 0.1) is 29.1 Å². The molecule has 7 atom stereocenters. The lowest BCUT2D eigenvalue weighted by molar-refractivity contribution is -0.164. The molecule has 1 aromatic heterocycles. The third-order valence-corrected chi connectivity index (χ3v) is 7.49. The highest BCUT2D eigenvalue weighted by molar-refractivity contribution is 5.76. The molecule has 0 amide bonds. The molecule has 0 bridgehead atoms. The normalized spacial score (nSPS) is 29.2. The first-order chi connectivity index (χ1) is 15.6. The first-order valence-electron chi connectivity index (χ1n) is 12.3. The highest BCUT2D eigenvalue weighted by Crippen LogP contribution is 2.45. The van der Waals surface area contributed by atoms with E-state index in [1.807, 2.05) is 20.8 Å². The van der Waals surface area contributed by atoms with Gasteiger partial charge in [0.25, 0.3) is 0 Å². The number of rotatable bonds is 10. The van der Waals surface area contributed by atoms with Crippen LogP contribution in [0.2, 0.25) is 0 Å². The zero-order chi connectivity index (χ0) is 24.2. The fraction of sp³-hybridized carbons (Fsp3) is 0.760. The van der Waals surface area contributed by atoms with Gasteiger partial charge in [-0.3, -0.25) is 4.79 Å². The van der Waals surface area contributed by atoms with Crippen molar-refractivity contribution in [3.8, 4) is 0 Å². The minimum atomic E-state index is -0.714. The van der Waals surface area contributed by atoms with Gasteiger partial charge in [-0.2, -0.15) is 0 Å². The summed E-state index contributed by atoms with van der Waals surface area (Å²) in [4.78, 5) is 12.9. The summed E-state index contributed by atoms with van der Waals surface area (Å²) in [6.45, 7) is 10.3. The smallest absolute Gasteiger partial charge is 0.311 e. The number of allylic oxidation sites excluding steroid dienone is 3. The fourth-order valence-electron chi connectivity index (χ4n) is 5.05. The molecular formula is C25H40N4O4. The van der Waals surface area contributed by atoms with E-state index in [4.69, 9.17) is 4.74 Å². The monoisotopic (exact) mass is 460 g/mol.